The molecule has 38 heavy (non-hydrogen) atoms. The minimum absolute atomic E-state index is 0.0317. The zero-order valence-corrected chi connectivity index (χ0v) is 23.5. The van der Waals surface area contributed by atoms with Gasteiger partial charge in [0.25, 0.3) is 5.91 Å². The Labute approximate surface area is 226 Å². The summed E-state index contributed by atoms with van der Waals surface area (Å²) >= 11 is 0. The lowest BCUT2D eigenvalue weighted by Crippen LogP contribution is -2.55. The Morgan fingerprint density at radius 1 is 0.921 bits per heavy atom. The topological polar surface area (TPSA) is 190 Å². The number of nitrogens with zero attached hydrogens (tertiary/aromatic N) is 1. The van der Waals surface area contributed by atoms with Crippen LogP contribution in [-0.4, -0.2) is 65.9 Å². The van der Waals surface area contributed by atoms with E-state index in [1.165, 1.54) is 6.92 Å². The van der Waals surface area contributed by atoms with Crippen LogP contribution in [0.4, 0.5) is 0 Å². The smallest absolute Gasteiger partial charge is 0.402 e. The number of hydrogen-bond donors (Lipinski definition) is 6. The van der Waals surface area contributed by atoms with Crippen molar-refractivity contribution in [2.75, 3.05) is 6.54 Å². The lowest BCUT2D eigenvalue weighted by atomic mass is 10.1. The van der Waals surface area contributed by atoms with Crippen LogP contribution in [0.2, 0.25) is 0 Å². The van der Waals surface area contributed by atoms with Crippen molar-refractivity contribution in [1.29, 1.82) is 5.26 Å². The Bertz CT molecular complexity index is 846. The summed E-state index contributed by atoms with van der Waals surface area (Å²) < 4.78 is 4.97. The molecule has 0 fully saturated rings. The van der Waals surface area contributed by atoms with Crippen molar-refractivity contribution in [2.24, 2.45) is 17.8 Å². The fourth-order valence-electron chi connectivity index (χ4n) is 3.26. The summed E-state index contributed by atoms with van der Waals surface area (Å²) in [5.74, 6) is -2.16. The van der Waals surface area contributed by atoms with E-state index in [-0.39, 0.29) is 42.2 Å². The maximum Gasteiger partial charge on any atom is 0.635 e. The fraction of sp³-hybridized carbons (Fsp3) is 0.720. The van der Waals surface area contributed by atoms with Gasteiger partial charge in [-0.2, -0.15) is 5.26 Å². The van der Waals surface area contributed by atoms with Gasteiger partial charge in [0, 0.05) is 12.5 Å². The predicted octanol–water partition coefficient (Wildman–Crippen LogP) is 0.499. The molecule has 0 saturated carbocycles. The van der Waals surface area contributed by atoms with E-state index in [2.05, 4.69) is 21.3 Å². The van der Waals surface area contributed by atoms with E-state index in [4.69, 9.17) is 9.92 Å². The third-order valence-electron chi connectivity index (χ3n) is 5.25. The molecule has 0 aromatic rings. The molecule has 0 aliphatic heterocycles. The van der Waals surface area contributed by atoms with Gasteiger partial charge in [0.1, 0.15) is 30.0 Å². The summed E-state index contributed by atoms with van der Waals surface area (Å²) in [7, 11) is -2.09. The summed E-state index contributed by atoms with van der Waals surface area (Å²) in [5, 5.41) is 38.0. The molecule has 3 atom stereocenters. The standard InChI is InChI=1S/C25H44BN5O7/c1-15(2)12-19(14-27)24(34)28-11-9-8-10-20(30-23(33)18(7)29-22(32)17(5)6)25(35)31-21(13-16(3)4)38-26(36)37/h12,15-18,20-21,36-37H,8-11,13H2,1-7H3,(H,28,34)(H,29,32)(H,30,33)(H,31,35)/t18-,20-,21+/m0/s1. The Morgan fingerprint density at radius 2 is 1.55 bits per heavy atom. The van der Waals surface area contributed by atoms with Gasteiger partial charge < -0.3 is 36.0 Å². The van der Waals surface area contributed by atoms with Gasteiger partial charge in [-0.1, -0.05) is 47.6 Å². The number of allylic oxidation sites excluding steroid dienone is 1. The first kappa shape index (κ1) is 35.1. The molecular weight excluding hydrogens is 493 g/mol. The molecule has 4 amide bonds. The van der Waals surface area contributed by atoms with Gasteiger partial charge in [-0.15, -0.1) is 0 Å². The van der Waals surface area contributed by atoms with E-state index < -0.39 is 43.4 Å². The predicted molar refractivity (Wildman–Crippen MR) is 142 cm³/mol. The van der Waals surface area contributed by atoms with Gasteiger partial charge in [-0.3, -0.25) is 19.2 Å². The SMILES string of the molecule is CC(C)C=C(C#N)C(=O)NCCCC[C@H](NC(=O)[C@H](C)NC(=O)C(C)C)C(=O)N[C@@H](CC(C)C)OB(O)O. The van der Waals surface area contributed by atoms with Crippen LogP contribution in [-0.2, 0) is 23.8 Å². The van der Waals surface area contributed by atoms with Crippen LogP contribution < -0.4 is 21.3 Å². The molecule has 0 rings (SSSR count). The minimum Gasteiger partial charge on any atom is -0.402 e. The first-order valence-corrected chi connectivity index (χ1v) is 13.0. The molecule has 214 valence electrons. The first-order chi connectivity index (χ1) is 17.7. The number of rotatable bonds is 17. The van der Waals surface area contributed by atoms with Crippen LogP contribution >= 0.6 is 0 Å². The molecule has 0 heterocycles. The molecule has 0 aromatic carbocycles. The number of hydrogen-bond acceptors (Lipinski definition) is 8. The van der Waals surface area contributed by atoms with E-state index in [0.717, 1.165) is 0 Å². The van der Waals surface area contributed by atoms with Crippen LogP contribution in [0.3, 0.4) is 0 Å². The Hall–Kier alpha value is -2.95. The molecule has 0 bridgehead atoms. The average molecular weight is 537 g/mol. The molecule has 0 aliphatic carbocycles. The van der Waals surface area contributed by atoms with Crippen molar-refractivity contribution in [3.63, 3.8) is 0 Å². The number of carbonyl (C=O) groups is 4. The number of amides is 4. The van der Waals surface area contributed by atoms with Crippen LogP contribution in [0.15, 0.2) is 11.6 Å². The third kappa shape index (κ3) is 15.3. The summed E-state index contributed by atoms with van der Waals surface area (Å²) in [6, 6.07) is -0.0271. The molecule has 0 aliphatic rings. The van der Waals surface area contributed by atoms with Crippen LogP contribution in [0.25, 0.3) is 0 Å². The van der Waals surface area contributed by atoms with Gasteiger partial charge in [0.2, 0.25) is 17.7 Å². The van der Waals surface area contributed by atoms with Crippen molar-refractivity contribution < 1.29 is 33.9 Å². The number of carbonyl (C=O) groups excluding carboxylic acids is 4. The molecule has 0 spiro atoms. The molecular formula is C25H44BN5O7. The van der Waals surface area contributed by atoms with Crippen LogP contribution in [0.1, 0.15) is 74.1 Å². The fourth-order valence-corrected chi connectivity index (χ4v) is 3.26. The van der Waals surface area contributed by atoms with Gasteiger partial charge in [0.05, 0.1) is 0 Å². The summed E-state index contributed by atoms with van der Waals surface area (Å²) in [5.41, 5.74) is 0.0317. The highest BCUT2D eigenvalue weighted by Crippen LogP contribution is 2.09. The highest BCUT2D eigenvalue weighted by atomic mass is 16.6. The summed E-state index contributed by atoms with van der Waals surface area (Å²) in [6.07, 6.45) is 1.95. The molecule has 12 nitrogen and oxygen atoms in total. The van der Waals surface area contributed by atoms with Crippen LogP contribution in [0, 0.1) is 29.1 Å². The Morgan fingerprint density at radius 3 is 2.05 bits per heavy atom. The Balaban J connectivity index is 5.29. The van der Waals surface area contributed by atoms with Crippen molar-refractivity contribution in [1.82, 2.24) is 21.3 Å². The lowest BCUT2D eigenvalue weighted by Gasteiger charge is -2.26. The number of nitrogens with one attached hydrogen (secondary N) is 4. The van der Waals surface area contributed by atoms with Gasteiger partial charge in [-0.05, 0) is 44.4 Å². The maximum absolute atomic E-state index is 13.0. The normalized spacial score (nSPS) is 13.9. The van der Waals surface area contributed by atoms with Gasteiger partial charge in [0.15, 0.2) is 0 Å². The first-order valence-electron chi connectivity index (χ1n) is 13.0. The maximum atomic E-state index is 13.0. The molecule has 0 aromatic heterocycles. The second-order valence-electron chi connectivity index (χ2n) is 10.2. The largest absolute Gasteiger partial charge is 0.635 e. The Kier molecular flexibility index (Phi) is 16.9. The highest BCUT2D eigenvalue weighted by molar-refractivity contribution is 6.32. The highest BCUT2D eigenvalue weighted by Gasteiger charge is 2.28. The van der Waals surface area contributed by atoms with E-state index in [0.29, 0.717) is 19.3 Å². The lowest BCUT2D eigenvalue weighted by molar-refractivity contribution is -0.133. The molecule has 0 radical (unpaired) electrons. The third-order valence-corrected chi connectivity index (χ3v) is 5.25. The van der Waals surface area contributed by atoms with E-state index >= 15 is 0 Å². The van der Waals surface area contributed by atoms with E-state index in [1.54, 1.807) is 19.9 Å². The quantitative estimate of drug-likeness (QED) is 0.0508. The zero-order chi connectivity index (χ0) is 29.4. The molecule has 0 unspecified atom stereocenters. The summed E-state index contributed by atoms with van der Waals surface area (Å²) in [4.78, 5) is 49.9. The molecule has 6 N–H and O–H groups in total. The molecule has 0 saturated heterocycles. The van der Waals surface area contributed by atoms with Crippen molar-refractivity contribution in [2.45, 2.75) is 92.5 Å². The average Bonchev–Trinajstić information content (AvgIpc) is 2.79. The zero-order valence-electron chi connectivity index (χ0n) is 23.5. The van der Waals surface area contributed by atoms with E-state index in [1.807, 2.05) is 33.8 Å². The minimum atomic E-state index is -2.09. The second-order valence-corrected chi connectivity index (χ2v) is 10.2. The number of unbranched alkanes of at least 4 members (excludes halogenated alkanes) is 1. The second kappa shape index (κ2) is 18.3. The molecule has 13 heteroatoms. The summed E-state index contributed by atoms with van der Waals surface area (Å²) in [6.45, 7) is 12.6. The monoisotopic (exact) mass is 537 g/mol. The van der Waals surface area contributed by atoms with Crippen molar-refractivity contribution in [3.8, 4) is 6.07 Å². The van der Waals surface area contributed by atoms with Crippen molar-refractivity contribution in [3.05, 3.63) is 11.6 Å². The van der Waals surface area contributed by atoms with Crippen molar-refractivity contribution >= 4 is 30.9 Å². The van der Waals surface area contributed by atoms with Gasteiger partial charge >= 0.3 is 7.32 Å². The van der Waals surface area contributed by atoms with E-state index in [9.17, 15) is 29.2 Å². The van der Waals surface area contributed by atoms with Gasteiger partial charge in [-0.25, -0.2) is 0 Å². The number of nitriles is 1. The van der Waals surface area contributed by atoms with Crippen LogP contribution in [0.5, 0.6) is 0 Å².